The third-order valence-electron chi connectivity index (χ3n) is 3.70. The van der Waals surface area contributed by atoms with E-state index in [0.29, 0.717) is 31.2 Å². The third kappa shape index (κ3) is 3.48. The zero-order valence-corrected chi connectivity index (χ0v) is 13.8. The molecule has 2 heterocycles. The summed E-state index contributed by atoms with van der Waals surface area (Å²) < 4.78 is 34.5. The number of aryl methyl sites for hydroxylation is 1. The highest BCUT2D eigenvalue weighted by Gasteiger charge is 2.32. The average Bonchev–Trinajstić information content (AvgIpc) is 2.84. The minimum atomic E-state index is -3.44. The van der Waals surface area contributed by atoms with E-state index < -0.39 is 10.0 Å². The Labute approximate surface area is 127 Å². The van der Waals surface area contributed by atoms with Crippen molar-refractivity contribution < 1.29 is 13.2 Å². The maximum atomic E-state index is 12.8. The van der Waals surface area contributed by atoms with Crippen LogP contribution in [0.5, 0.6) is 0 Å². The van der Waals surface area contributed by atoms with Crippen LogP contribution >= 0.6 is 0 Å². The normalized spacial score (nSPS) is 20.8. The van der Waals surface area contributed by atoms with Crippen LogP contribution in [0.2, 0.25) is 0 Å². The van der Waals surface area contributed by atoms with Crippen LogP contribution in [0.3, 0.4) is 0 Å². The van der Waals surface area contributed by atoms with E-state index in [0.717, 1.165) is 18.7 Å². The summed E-state index contributed by atoms with van der Waals surface area (Å²) in [4.78, 5) is 0.384. The summed E-state index contributed by atoms with van der Waals surface area (Å²) in [5, 5.41) is 3.09. The molecule has 1 atom stereocenters. The highest BCUT2D eigenvalue weighted by Crippen LogP contribution is 2.23. The standard InChI is InChI=1S/C14H25N3O3S/c1-4-5-16-10-14(8-13(16)9-15-3)21(18,19)17-6-7-20-11-12(17)2/h8,10,12,15H,4-7,9,11H2,1-3H3. The zero-order chi connectivity index (χ0) is 15.5. The van der Waals surface area contributed by atoms with Gasteiger partial charge in [0.15, 0.2) is 0 Å². The highest BCUT2D eigenvalue weighted by atomic mass is 32.2. The van der Waals surface area contributed by atoms with Crippen LogP contribution in [-0.4, -0.2) is 50.1 Å². The molecular formula is C14H25N3O3S. The number of nitrogens with one attached hydrogen (secondary N) is 1. The highest BCUT2D eigenvalue weighted by molar-refractivity contribution is 7.89. The first kappa shape index (κ1) is 16.5. The molecule has 1 aromatic heterocycles. The molecule has 7 heteroatoms. The summed E-state index contributed by atoms with van der Waals surface area (Å²) in [6.07, 6.45) is 2.73. The van der Waals surface area contributed by atoms with Crippen molar-refractivity contribution in [1.82, 2.24) is 14.2 Å². The Balaban J connectivity index is 2.32. The van der Waals surface area contributed by atoms with Gasteiger partial charge in [0, 0.05) is 37.6 Å². The van der Waals surface area contributed by atoms with E-state index in [9.17, 15) is 8.42 Å². The van der Waals surface area contributed by atoms with Crippen molar-refractivity contribution in [3.05, 3.63) is 18.0 Å². The summed E-state index contributed by atoms with van der Waals surface area (Å²) in [6.45, 7) is 6.79. The Bertz CT molecular complexity index is 545. The lowest BCUT2D eigenvalue weighted by atomic mass is 10.3. The minimum Gasteiger partial charge on any atom is -0.378 e. The van der Waals surface area contributed by atoms with Crippen molar-refractivity contribution >= 4 is 10.0 Å². The molecule has 1 aromatic rings. The first-order chi connectivity index (χ1) is 10.0. The molecule has 1 N–H and O–H groups in total. The topological polar surface area (TPSA) is 63.6 Å². The lowest BCUT2D eigenvalue weighted by Crippen LogP contribution is -2.46. The molecule has 120 valence electrons. The molecule has 1 fully saturated rings. The molecule has 21 heavy (non-hydrogen) atoms. The molecule has 0 radical (unpaired) electrons. The minimum absolute atomic E-state index is 0.119. The summed E-state index contributed by atoms with van der Waals surface area (Å²) in [7, 11) is -1.58. The van der Waals surface area contributed by atoms with Crippen molar-refractivity contribution in [3.63, 3.8) is 0 Å². The van der Waals surface area contributed by atoms with Crippen LogP contribution in [0.25, 0.3) is 0 Å². The van der Waals surface area contributed by atoms with Gasteiger partial charge in [-0.1, -0.05) is 6.92 Å². The molecule has 1 saturated heterocycles. The van der Waals surface area contributed by atoms with Gasteiger partial charge in [-0.25, -0.2) is 8.42 Å². The van der Waals surface area contributed by atoms with E-state index in [4.69, 9.17) is 4.74 Å². The van der Waals surface area contributed by atoms with E-state index in [1.807, 2.05) is 18.5 Å². The monoisotopic (exact) mass is 315 g/mol. The van der Waals surface area contributed by atoms with Crippen molar-refractivity contribution in [1.29, 1.82) is 0 Å². The molecule has 0 saturated carbocycles. The van der Waals surface area contributed by atoms with Gasteiger partial charge in [0.2, 0.25) is 10.0 Å². The van der Waals surface area contributed by atoms with E-state index in [1.165, 1.54) is 0 Å². The van der Waals surface area contributed by atoms with Crippen LogP contribution in [-0.2, 0) is 27.8 Å². The lowest BCUT2D eigenvalue weighted by Gasteiger charge is -2.31. The Hall–Kier alpha value is -0.890. The van der Waals surface area contributed by atoms with Crippen molar-refractivity contribution in [3.8, 4) is 0 Å². The van der Waals surface area contributed by atoms with Crippen LogP contribution in [0, 0.1) is 0 Å². The maximum absolute atomic E-state index is 12.8. The second-order valence-electron chi connectivity index (χ2n) is 5.43. The van der Waals surface area contributed by atoms with Crippen LogP contribution in [0.4, 0.5) is 0 Å². The lowest BCUT2D eigenvalue weighted by molar-refractivity contribution is 0.0393. The van der Waals surface area contributed by atoms with E-state index in [1.54, 1.807) is 16.6 Å². The molecule has 1 aliphatic heterocycles. The molecule has 0 aromatic carbocycles. The molecular weight excluding hydrogens is 290 g/mol. The van der Waals surface area contributed by atoms with Gasteiger partial charge in [0.05, 0.1) is 13.2 Å². The van der Waals surface area contributed by atoms with Gasteiger partial charge in [0.25, 0.3) is 0 Å². The summed E-state index contributed by atoms with van der Waals surface area (Å²) in [6, 6.07) is 1.66. The number of sulfonamides is 1. The SMILES string of the molecule is CCCn1cc(S(=O)(=O)N2CCOCC2C)cc1CNC. The van der Waals surface area contributed by atoms with Crippen molar-refractivity contribution in [2.75, 3.05) is 26.8 Å². The van der Waals surface area contributed by atoms with Gasteiger partial charge in [-0.2, -0.15) is 4.31 Å². The van der Waals surface area contributed by atoms with Gasteiger partial charge in [0.1, 0.15) is 4.90 Å². The third-order valence-corrected chi connectivity index (χ3v) is 5.68. The maximum Gasteiger partial charge on any atom is 0.244 e. The summed E-state index contributed by atoms with van der Waals surface area (Å²) >= 11 is 0. The zero-order valence-electron chi connectivity index (χ0n) is 13.0. The van der Waals surface area contributed by atoms with Gasteiger partial charge in [-0.05, 0) is 26.5 Å². The van der Waals surface area contributed by atoms with E-state index in [-0.39, 0.29) is 6.04 Å². The fourth-order valence-electron chi connectivity index (χ4n) is 2.65. The van der Waals surface area contributed by atoms with Crippen LogP contribution in [0.1, 0.15) is 26.0 Å². The number of ether oxygens (including phenoxy) is 1. The summed E-state index contributed by atoms with van der Waals surface area (Å²) in [5.74, 6) is 0. The van der Waals surface area contributed by atoms with Gasteiger partial charge in [-0.3, -0.25) is 0 Å². The number of rotatable bonds is 6. The van der Waals surface area contributed by atoms with Crippen molar-refractivity contribution in [2.45, 2.75) is 44.3 Å². The number of morpholine rings is 1. The predicted octanol–water partition coefficient (Wildman–Crippen LogP) is 1.03. The Morgan fingerprint density at radius 1 is 1.48 bits per heavy atom. The quantitative estimate of drug-likeness (QED) is 0.851. The number of hydrogen-bond donors (Lipinski definition) is 1. The Morgan fingerprint density at radius 2 is 2.24 bits per heavy atom. The van der Waals surface area contributed by atoms with Crippen LogP contribution < -0.4 is 5.32 Å². The molecule has 1 aliphatic rings. The first-order valence-corrected chi connectivity index (χ1v) is 8.88. The van der Waals surface area contributed by atoms with E-state index >= 15 is 0 Å². The van der Waals surface area contributed by atoms with Crippen LogP contribution in [0.15, 0.2) is 17.2 Å². The Morgan fingerprint density at radius 3 is 2.86 bits per heavy atom. The molecule has 0 spiro atoms. The fourth-order valence-corrected chi connectivity index (χ4v) is 4.31. The smallest absolute Gasteiger partial charge is 0.244 e. The molecule has 6 nitrogen and oxygen atoms in total. The number of hydrogen-bond acceptors (Lipinski definition) is 4. The van der Waals surface area contributed by atoms with Gasteiger partial charge >= 0.3 is 0 Å². The second kappa shape index (κ2) is 6.91. The average molecular weight is 315 g/mol. The van der Waals surface area contributed by atoms with Gasteiger partial charge in [-0.15, -0.1) is 0 Å². The molecule has 0 bridgehead atoms. The van der Waals surface area contributed by atoms with E-state index in [2.05, 4.69) is 12.2 Å². The molecule has 0 aliphatic carbocycles. The fraction of sp³-hybridized carbons (Fsp3) is 0.714. The van der Waals surface area contributed by atoms with Crippen molar-refractivity contribution in [2.24, 2.45) is 0 Å². The number of nitrogens with zero attached hydrogens (tertiary/aromatic N) is 2. The molecule has 0 amide bonds. The largest absolute Gasteiger partial charge is 0.378 e. The molecule has 1 unspecified atom stereocenters. The number of aromatic nitrogens is 1. The molecule has 2 rings (SSSR count). The van der Waals surface area contributed by atoms with Gasteiger partial charge < -0.3 is 14.6 Å². The predicted molar refractivity (Wildman–Crippen MR) is 81.7 cm³/mol. The Kier molecular flexibility index (Phi) is 5.43. The first-order valence-electron chi connectivity index (χ1n) is 7.44. The summed E-state index contributed by atoms with van der Waals surface area (Å²) in [5.41, 5.74) is 0.999. The second-order valence-corrected chi connectivity index (χ2v) is 7.32.